The highest BCUT2D eigenvalue weighted by molar-refractivity contribution is 8.00. The summed E-state index contributed by atoms with van der Waals surface area (Å²) in [4.78, 5) is 27.2. The number of ether oxygens (including phenoxy) is 2. The summed E-state index contributed by atoms with van der Waals surface area (Å²) >= 11 is 1.47. The molecule has 6 heteroatoms. The molecule has 2 aromatic rings. The first kappa shape index (κ1) is 17.0. The molecule has 2 heterocycles. The van der Waals surface area contributed by atoms with Gasteiger partial charge in [0.25, 0.3) is 0 Å². The van der Waals surface area contributed by atoms with Gasteiger partial charge in [0, 0.05) is 29.1 Å². The van der Waals surface area contributed by atoms with Gasteiger partial charge in [-0.1, -0.05) is 12.1 Å². The van der Waals surface area contributed by atoms with Gasteiger partial charge in [-0.05, 0) is 36.8 Å². The molecule has 0 aromatic heterocycles. The van der Waals surface area contributed by atoms with Gasteiger partial charge in [0.05, 0.1) is 5.75 Å². The van der Waals surface area contributed by atoms with Gasteiger partial charge >= 0.3 is 0 Å². The number of thioether (sulfide) groups is 1. The van der Waals surface area contributed by atoms with Crippen molar-refractivity contribution in [3.63, 3.8) is 0 Å². The third-order valence-electron chi connectivity index (χ3n) is 4.44. The minimum absolute atomic E-state index is 0.0402. The van der Waals surface area contributed by atoms with Crippen molar-refractivity contribution in [2.45, 2.75) is 17.7 Å². The van der Waals surface area contributed by atoms with Crippen molar-refractivity contribution in [3.8, 4) is 11.5 Å². The molecule has 1 fully saturated rings. The van der Waals surface area contributed by atoms with Gasteiger partial charge in [-0.15, -0.1) is 11.8 Å². The molecule has 0 aliphatic carbocycles. The van der Waals surface area contributed by atoms with E-state index in [4.69, 9.17) is 9.47 Å². The largest absolute Gasteiger partial charge is 0.486 e. The van der Waals surface area contributed by atoms with E-state index in [1.54, 1.807) is 11.0 Å². The lowest BCUT2D eigenvalue weighted by molar-refractivity contribution is -0.117. The normalized spacial score (nSPS) is 16.0. The number of carbonyl (C=O) groups is 2. The number of hydrogen-bond acceptors (Lipinski definition) is 5. The zero-order valence-electron chi connectivity index (χ0n) is 14.3. The second kappa shape index (κ2) is 7.41. The second-order valence-corrected chi connectivity index (χ2v) is 7.27. The summed E-state index contributed by atoms with van der Waals surface area (Å²) < 4.78 is 11.1. The molecule has 2 aliphatic heterocycles. The standard InChI is InChI=1S/C20H19NO4S/c22-17(13-26-16-6-7-18-19(12-16)25-10-9-24-18)14-3-1-4-15(11-14)21-8-2-5-20(21)23/h1,3-4,6-7,11-12H,2,5,8-10,13H2. The Morgan fingerprint density at radius 1 is 1.08 bits per heavy atom. The summed E-state index contributed by atoms with van der Waals surface area (Å²) in [5.41, 5.74) is 1.44. The van der Waals surface area contributed by atoms with E-state index in [0.717, 1.165) is 35.0 Å². The van der Waals surface area contributed by atoms with Crippen molar-refractivity contribution in [2.75, 3.05) is 30.4 Å². The fraction of sp³-hybridized carbons (Fsp3) is 0.300. The summed E-state index contributed by atoms with van der Waals surface area (Å²) in [6.07, 6.45) is 1.45. The number of rotatable bonds is 5. The van der Waals surface area contributed by atoms with Gasteiger partial charge < -0.3 is 14.4 Å². The SMILES string of the molecule is O=C(CSc1ccc2c(c1)OCCO2)c1cccc(N2CCCC2=O)c1. The van der Waals surface area contributed by atoms with Crippen LogP contribution in [0.2, 0.25) is 0 Å². The fourth-order valence-electron chi connectivity index (χ4n) is 3.11. The first-order valence-corrected chi connectivity index (χ1v) is 9.65. The highest BCUT2D eigenvalue weighted by Crippen LogP contribution is 2.34. The maximum absolute atomic E-state index is 12.6. The monoisotopic (exact) mass is 369 g/mol. The van der Waals surface area contributed by atoms with Crippen molar-refractivity contribution in [3.05, 3.63) is 48.0 Å². The van der Waals surface area contributed by atoms with Crippen molar-refractivity contribution in [1.29, 1.82) is 0 Å². The molecule has 4 rings (SSSR count). The first-order valence-electron chi connectivity index (χ1n) is 8.67. The van der Waals surface area contributed by atoms with Gasteiger partial charge in [-0.2, -0.15) is 0 Å². The summed E-state index contributed by atoms with van der Waals surface area (Å²) in [5.74, 6) is 1.97. The van der Waals surface area contributed by atoms with Crippen LogP contribution in [0.1, 0.15) is 23.2 Å². The molecule has 5 nitrogen and oxygen atoms in total. The predicted molar refractivity (Wildman–Crippen MR) is 101 cm³/mol. The summed E-state index contributed by atoms with van der Waals surface area (Å²) in [5, 5.41) is 0. The quantitative estimate of drug-likeness (QED) is 0.596. The Morgan fingerprint density at radius 3 is 2.73 bits per heavy atom. The molecule has 0 N–H and O–H groups in total. The van der Waals surface area contributed by atoms with E-state index in [1.165, 1.54) is 11.8 Å². The lowest BCUT2D eigenvalue weighted by Gasteiger charge is -2.18. The Kier molecular flexibility index (Phi) is 4.84. The molecule has 0 saturated carbocycles. The summed E-state index contributed by atoms with van der Waals surface area (Å²) in [6.45, 7) is 1.83. The van der Waals surface area contributed by atoms with Crippen LogP contribution in [0, 0.1) is 0 Å². The van der Waals surface area contributed by atoms with Crippen LogP contribution in [-0.4, -0.2) is 37.2 Å². The van der Waals surface area contributed by atoms with E-state index in [0.29, 0.717) is 31.0 Å². The number of anilines is 1. The highest BCUT2D eigenvalue weighted by atomic mass is 32.2. The van der Waals surface area contributed by atoms with Crippen molar-refractivity contribution in [1.82, 2.24) is 0 Å². The minimum atomic E-state index is 0.0402. The van der Waals surface area contributed by atoms with Crippen molar-refractivity contribution < 1.29 is 19.1 Å². The van der Waals surface area contributed by atoms with E-state index in [2.05, 4.69) is 0 Å². The maximum atomic E-state index is 12.6. The zero-order chi connectivity index (χ0) is 17.9. The molecule has 134 valence electrons. The van der Waals surface area contributed by atoms with Gasteiger partial charge in [0.2, 0.25) is 5.91 Å². The maximum Gasteiger partial charge on any atom is 0.227 e. The number of fused-ring (bicyclic) bond motifs is 1. The average Bonchev–Trinajstić information content (AvgIpc) is 3.12. The lowest BCUT2D eigenvalue weighted by Crippen LogP contribution is -2.23. The Morgan fingerprint density at radius 2 is 1.92 bits per heavy atom. The first-order chi connectivity index (χ1) is 12.7. The fourth-order valence-corrected chi connectivity index (χ4v) is 3.93. The number of carbonyl (C=O) groups excluding carboxylic acids is 2. The number of hydrogen-bond donors (Lipinski definition) is 0. The Hall–Kier alpha value is -2.47. The van der Waals surface area contributed by atoms with E-state index >= 15 is 0 Å². The van der Waals surface area contributed by atoms with Crippen LogP contribution in [0.3, 0.4) is 0 Å². The molecule has 0 atom stereocenters. The number of benzene rings is 2. The summed E-state index contributed by atoms with van der Waals surface area (Å²) in [6, 6.07) is 13.1. The van der Waals surface area contributed by atoms with Gasteiger partial charge in [-0.25, -0.2) is 0 Å². The molecule has 2 aliphatic rings. The molecular formula is C20H19NO4S. The van der Waals surface area contributed by atoms with Gasteiger partial charge in [-0.3, -0.25) is 9.59 Å². The minimum Gasteiger partial charge on any atom is -0.486 e. The number of amides is 1. The topological polar surface area (TPSA) is 55.8 Å². The van der Waals surface area contributed by atoms with Crippen molar-refractivity contribution in [2.24, 2.45) is 0 Å². The van der Waals surface area contributed by atoms with Crippen LogP contribution in [0.5, 0.6) is 11.5 Å². The smallest absolute Gasteiger partial charge is 0.227 e. The molecule has 0 bridgehead atoms. The molecule has 0 radical (unpaired) electrons. The summed E-state index contributed by atoms with van der Waals surface area (Å²) in [7, 11) is 0. The predicted octanol–water partition coefficient (Wildman–Crippen LogP) is 3.56. The number of ketones is 1. The molecule has 2 aromatic carbocycles. The van der Waals surface area contributed by atoms with Crippen LogP contribution in [0.25, 0.3) is 0 Å². The Bertz CT molecular complexity index is 851. The molecule has 1 amide bonds. The third kappa shape index (κ3) is 3.55. The number of Topliss-reactive ketones (excluding diaryl/α,β-unsaturated/α-hetero) is 1. The Balaban J connectivity index is 1.43. The van der Waals surface area contributed by atoms with Gasteiger partial charge in [0.15, 0.2) is 17.3 Å². The molecule has 0 spiro atoms. The molecule has 0 unspecified atom stereocenters. The van der Waals surface area contributed by atoms with Crippen LogP contribution < -0.4 is 14.4 Å². The van der Waals surface area contributed by atoms with Crippen molar-refractivity contribution >= 4 is 29.1 Å². The van der Waals surface area contributed by atoms with E-state index in [-0.39, 0.29) is 11.7 Å². The molecule has 26 heavy (non-hydrogen) atoms. The highest BCUT2D eigenvalue weighted by Gasteiger charge is 2.22. The van der Waals surface area contributed by atoms with Crippen LogP contribution in [-0.2, 0) is 4.79 Å². The molecular weight excluding hydrogens is 350 g/mol. The second-order valence-electron chi connectivity index (χ2n) is 6.22. The molecule has 1 saturated heterocycles. The average molecular weight is 369 g/mol. The lowest BCUT2D eigenvalue weighted by atomic mass is 10.1. The van der Waals surface area contributed by atoms with E-state index in [9.17, 15) is 9.59 Å². The van der Waals surface area contributed by atoms with E-state index < -0.39 is 0 Å². The third-order valence-corrected chi connectivity index (χ3v) is 5.43. The van der Waals surface area contributed by atoms with E-state index in [1.807, 2.05) is 36.4 Å². The van der Waals surface area contributed by atoms with Gasteiger partial charge in [0.1, 0.15) is 13.2 Å². The van der Waals surface area contributed by atoms with Crippen LogP contribution in [0.4, 0.5) is 5.69 Å². The van der Waals surface area contributed by atoms with Crippen LogP contribution in [0.15, 0.2) is 47.4 Å². The van der Waals surface area contributed by atoms with Crippen LogP contribution >= 0.6 is 11.8 Å². The Labute approximate surface area is 156 Å². The number of nitrogens with zero attached hydrogens (tertiary/aromatic N) is 1. The zero-order valence-corrected chi connectivity index (χ0v) is 15.1.